The molecule has 2 nitrogen and oxygen atoms in total. The number of rotatable bonds is 15. The van der Waals surface area contributed by atoms with Crippen LogP contribution in [-0.2, 0) is 0 Å². The minimum Gasteiger partial charge on any atom is -0.359 e. The Morgan fingerprint density at radius 1 is 0.818 bits per heavy atom. The third-order valence-corrected chi connectivity index (χ3v) is 4.41. The molecular weight excluding hydrogens is 270 g/mol. The van der Waals surface area contributed by atoms with Crippen molar-refractivity contribution in [2.24, 2.45) is 0 Å². The summed E-state index contributed by atoms with van der Waals surface area (Å²) in [5.74, 6) is 0.257. The van der Waals surface area contributed by atoms with E-state index in [0.29, 0.717) is 6.42 Å². The van der Waals surface area contributed by atoms with Gasteiger partial charge >= 0.3 is 0 Å². The van der Waals surface area contributed by atoms with E-state index in [2.05, 4.69) is 11.9 Å². The van der Waals surface area contributed by atoms with Gasteiger partial charge in [0.15, 0.2) is 5.78 Å². The molecule has 0 aromatic carbocycles. The molecular formula is C20H35NO. The predicted octanol–water partition coefficient (Wildman–Crippen LogP) is 6.68. The van der Waals surface area contributed by atoms with E-state index in [1.807, 2.05) is 18.3 Å². The number of aromatic nitrogens is 1. The SMILES string of the molecule is CCCCCCCCCCCCCCCC(=O)c1ccc[nH]1. The van der Waals surface area contributed by atoms with Crippen molar-refractivity contribution in [3.63, 3.8) is 0 Å². The van der Waals surface area contributed by atoms with Crippen LogP contribution in [0.3, 0.4) is 0 Å². The first-order chi connectivity index (χ1) is 10.8. The maximum atomic E-state index is 11.8. The molecule has 0 saturated carbocycles. The van der Waals surface area contributed by atoms with E-state index in [0.717, 1.165) is 12.1 Å². The van der Waals surface area contributed by atoms with Crippen molar-refractivity contribution in [2.75, 3.05) is 0 Å². The van der Waals surface area contributed by atoms with Gasteiger partial charge in [-0.25, -0.2) is 0 Å². The number of Topliss-reactive ketones (excluding diaryl/α,β-unsaturated/α-hetero) is 1. The molecule has 0 spiro atoms. The Morgan fingerprint density at radius 2 is 1.32 bits per heavy atom. The van der Waals surface area contributed by atoms with Crippen LogP contribution in [0, 0.1) is 0 Å². The summed E-state index contributed by atoms with van der Waals surface area (Å²) in [7, 11) is 0. The predicted molar refractivity (Wildman–Crippen MR) is 95.4 cm³/mol. The molecule has 0 fully saturated rings. The number of nitrogens with one attached hydrogen (secondary N) is 1. The highest BCUT2D eigenvalue weighted by molar-refractivity contribution is 5.94. The van der Waals surface area contributed by atoms with Crippen LogP contribution in [0.2, 0.25) is 0 Å². The molecule has 22 heavy (non-hydrogen) atoms. The third-order valence-electron chi connectivity index (χ3n) is 4.41. The van der Waals surface area contributed by atoms with E-state index in [4.69, 9.17) is 0 Å². The molecule has 1 heterocycles. The average molecular weight is 306 g/mol. The molecule has 1 aromatic heterocycles. The van der Waals surface area contributed by atoms with Crippen molar-refractivity contribution in [3.05, 3.63) is 24.0 Å². The number of hydrogen-bond acceptors (Lipinski definition) is 1. The van der Waals surface area contributed by atoms with Gasteiger partial charge in [-0.05, 0) is 18.6 Å². The van der Waals surface area contributed by atoms with Gasteiger partial charge in [-0.15, -0.1) is 0 Å². The van der Waals surface area contributed by atoms with Crippen LogP contribution < -0.4 is 0 Å². The lowest BCUT2D eigenvalue weighted by atomic mass is 10.0. The fraction of sp³-hybridized carbons (Fsp3) is 0.750. The second-order valence-corrected chi connectivity index (χ2v) is 6.50. The van der Waals surface area contributed by atoms with E-state index in [9.17, 15) is 4.79 Å². The van der Waals surface area contributed by atoms with Gasteiger partial charge < -0.3 is 4.98 Å². The van der Waals surface area contributed by atoms with E-state index in [1.54, 1.807) is 0 Å². The van der Waals surface area contributed by atoms with Crippen LogP contribution in [0.15, 0.2) is 18.3 Å². The van der Waals surface area contributed by atoms with Gasteiger partial charge in [0.25, 0.3) is 0 Å². The molecule has 1 aromatic rings. The van der Waals surface area contributed by atoms with Crippen LogP contribution in [0.4, 0.5) is 0 Å². The van der Waals surface area contributed by atoms with Crippen LogP contribution in [0.1, 0.15) is 107 Å². The molecule has 0 amide bonds. The zero-order valence-electron chi connectivity index (χ0n) is 14.5. The second kappa shape index (κ2) is 13.6. The summed E-state index contributed by atoms with van der Waals surface area (Å²) < 4.78 is 0. The molecule has 0 aliphatic heterocycles. The Labute approximate surface area is 137 Å². The monoisotopic (exact) mass is 305 g/mol. The maximum absolute atomic E-state index is 11.8. The Balaban J connectivity index is 1.77. The van der Waals surface area contributed by atoms with Gasteiger partial charge in [-0.2, -0.15) is 0 Å². The highest BCUT2D eigenvalue weighted by Crippen LogP contribution is 2.13. The number of hydrogen-bond donors (Lipinski definition) is 1. The number of H-pyrrole nitrogens is 1. The molecule has 0 aliphatic carbocycles. The van der Waals surface area contributed by atoms with E-state index < -0.39 is 0 Å². The summed E-state index contributed by atoms with van der Waals surface area (Å²) in [5, 5.41) is 0. The molecule has 1 N–H and O–H groups in total. The number of ketones is 1. The van der Waals surface area contributed by atoms with Crippen molar-refractivity contribution >= 4 is 5.78 Å². The Hall–Kier alpha value is -1.05. The average Bonchev–Trinajstić information content (AvgIpc) is 3.06. The molecule has 0 atom stereocenters. The second-order valence-electron chi connectivity index (χ2n) is 6.50. The van der Waals surface area contributed by atoms with Crippen molar-refractivity contribution in [1.82, 2.24) is 4.98 Å². The lowest BCUT2D eigenvalue weighted by molar-refractivity contribution is 0.0975. The minimum atomic E-state index is 0.257. The molecule has 0 saturated heterocycles. The molecule has 0 bridgehead atoms. The summed E-state index contributed by atoms with van der Waals surface area (Å²) in [4.78, 5) is 14.8. The summed E-state index contributed by atoms with van der Waals surface area (Å²) in [6.07, 6.45) is 20.0. The van der Waals surface area contributed by atoms with Crippen LogP contribution in [0.5, 0.6) is 0 Å². The molecule has 0 aliphatic rings. The van der Waals surface area contributed by atoms with Gasteiger partial charge in [0.1, 0.15) is 0 Å². The fourth-order valence-electron chi connectivity index (χ4n) is 2.94. The minimum absolute atomic E-state index is 0.257. The number of unbranched alkanes of at least 4 members (excludes halogenated alkanes) is 12. The van der Waals surface area contributed by atoms with E-state index >= 15 is 0 Å². The number of carbonyl (C=O) groups is 1. The highest BCUT2D eigenvalue weighted by atomic mass is 16.1. The molecule has 126 valence electrons. The highest BCUT2D eigenvalue weighted by Gasteiger charge is 2.05. The zero-order valence-corrected chi connectivity index (χ0v) is 14.5. The van der Waals surface area contributed by atoms with Gasteiger partial charge in [0.2, 0.25) is 0 Å². The first-order valence-corrected chi connectivity index (χ1v) is 9.51. The first kappa shape index (κ1) is 19.0. The molecule has 2 heteroatoms. The lowest BCUT2D eigenvalue weighted by Gasteiger charge is -2.03. The first-order valence-electron chi connectivity index (χ1n) is 9.51. The smallest absolute Gasteiger partial charge is 0.178 e. The summed E-state index contributed by atoms with van der Waals surface area (Å²) >= 11 is 0. The normalized spacial score (nSPS) is 11.0. The van der Waals surface area contributed by atoms with Gasteiger partial charge in [0.05, 0.1) is 5.69 Å². The Bertz CT molecular complexity index is 356. The number of aromatic amines is 1. The third kappa shape index (κ3) is 9.81. The van der Waals surface area contributed by atoms with Gasteiger partial charge in [0, 0.05) is 12.6 Å². The van der Waals surface area contributed by atoms with Crippen molar-refractivity contribution in [3.8, 4) is 0 Å². The van der Waals surface area contributed by atoms with Crippen molar-refractivity contribution in [2.45, 2.75) is 96.8 Å². The summed E-state index contributed by atoms with van der Waals surface area (Å²) in [6, 6.07) is 3.75. The Morgan fingerprint density at radius 3 is 1.77 bits per heavy atom. The van der Waals surface area contributed by atoms with Crippen molar-refractivity contribution < 1.29 is 4.79 Å². The molecule has 0 unspecified atom stereocenters. The largest absolute Gasteiger partial charge is 0.359 e. The van der Waals surface area contributed by atoms with Gasteiger partial charge in [-0.3, -0.25) is 4.79 Å². The maximum Gasteiger partial charge on any atom is 0.178 e. The molecule has 0 radical (unpaired) electrons. The molecule has 1 rings (SSSR count). The van der Waals surface area contributed by atoms with Crippen molar-refractivity contribution in [1.29, 1.82) is 0 Å². The lowest BCUT2D eigenvalue weighted by Crippen LogP contribution is -1.98. The zero-order chi connectivity index (χ0) is 15.9. The van der Waals surface area contributed by atoms with Gasteiger partial charge in [-0.1, -0.05) is 84.0 Å². The summed E-state index contributed by atoms with van der Waals surface area (Å²) in [5.41, 5.74) is 0.763. The van der Waals surface area contributed by atoms with E-state index in [-0.39, 0.29) is 5.78 Å². The number of carbonyl (C=O) groups excluding carboxylic acids is 1. The topological polar surface area (TPSA) is 32.9 Å². The standard InChI is InChI=1S/C20H35NO/c1-2-3-4-5-6-7-8-9-10-11-12-13-14-17-20(22)19-16-15-18-21-19/h15-16,18,21H,2-14,17H2,1H3. The fourth-order valence-corrected chi connectivity index (χ4v) is 2.94. The van der Waals surface area contributed by atoms with Crippen LogP contribution in [0.25, 0.3) is 0 Å². The quantitative estimate of drug-likeness (QED) is 0.284. The van der Waals surface area contributed by atoms with Crippen LogP contribution >= 0.6 is 0 Å². The van der Waals surface area contributed by atoms with Crippen LogP contribution in [-0.4, -0.2) is 10.8 Å². The Kier molecular flexibility index (Phi) is 11.7. The van der Waals surface area contributed by atoms with E-state index in [1.165, 1.54) is 77.0 Å². The summed E-state index contributed by atoms with van der Waals surface area (Å²) in [6.45, 7) is 2.27.